The van der Waals surface area contributed by atoms with E-state index in [-0.39, 0.29) is 31.3 Å². The minimum Gasteiger partial charge on any atom is -0.469 e. The zero-order valence-electron chi connectivity index (χ0n) is 19.4. The maximum atomic E-state index is 13.3. The lowest BCUT2D eigenvalue weighted by molar-refractivity contribution is -0.156. The summed E-state index contributed by atoms with van der Waals surface area (Å²) in [5, 5.41) is 13.4. The number of aliphatic hydroxyl groups excluding tert-OH is 1. The van der Waals surface area contributed by atoms with Gasteiger partial charge < -0.3 is 24.6 Å². The van der Waals surface area contributed by atoms with Gasteiger partial charge in [0.1, 0.15) is 17.2 Å². The highest BCUT2D eigenvalue weighted by Gasteiger charge is 2.73. The fourth-order valence-electron chi connectivity index (χ4n) is 5.31. The van der Waals surface area contributed by atoms with Gasteiger partial charge in [-0.3, -0.25) is 14.5 Å². The molecule has 1 heterocycles. The van der Waals surface area contributed by atoms with Crippen molar-refractivity contribution in [2.24, 2.45) is 17.8 Å². The van der Waals surface area contributed by atoms with Crippen molar-refractivity contribution in [3.8, 4) is 0 Å². The molecule has 6 atom stereocenters. The van der Waals surface area contributed by atoms with Crippen molar-refractivity contribution >= 4 is 23.9 Å². The molecule has 2 N–H and O–H groups in total. The zero-order valence-corrected chi connectivity index (χ0v) is 19.4. The Kier molecular flexibility index (Phi) is 6.74. The van der Waals surface area contributed by atoms with Crippen LogP contribution in [0.2, 0.25) is 0 Å². The zero-order chi connectivity index (χ0) is 23.8. The molecule has 0 bridgehead atoms. The monoisotopic (exact) mass is 454 g/mol. The number of nitrogens with zero attached hydrogens (tertiary/aromatic N) is 1. The molecule has 32 heavy (non-hydrogen) atoms. The Bertz CT molecular complexity index is 778. The van der Waals surface area contributed by atoms with Crippen LogP contribution in [0.4, 0.5) is 4.79 Å². The van der Waals surface area contributed by atoms with Gasteiger partial charge in [0, 0.05) is 25.3 Å². The van der Waals surface area contributed by atoms with E-state index in [4.69, 9.17) is 14.2 Å². The van der Waals surface area contributed by atoms with Crippen LogP contribution < -0.4 is 5.32 Å². The first-order chi connectivity index (χ1) is 14.9. The summed E-state index contributed by atoms with van der Waals surface area (Å²) in [5.74, 6) is -2.58. The molecule has 2 amide bonds. The number of rotatable bonds is 6. The molecular formula is C22H34N2O8. The highest BCUT2D eigenvalue weighted by Crippen LogP contribution is 2.64. The van der Waals surface area contributed by atoms with E-state index >= 15 is 0 Å². The van der Waals surface area contributed by atoms with Crippen molar-refractivity contribution in [2.75, 3.05) is 20.3 Å². The van der Waals surface area contributed by atoms with Gasteiger partial charge in [0.15, 0.2) is 0 Å². The number of fused-ring (bicyclic) bond motifs is 1. The van der Waals surface area contributed by atoms with Gasteiger partial charge in [0.25, 0.3) is 0 Å². The lowest BCUT2D eigenvalue weighted by atomic mass is 9.88. The van der Waals surface area contributed by atoms with E-state index in [2.05, 4.69) is 5.32 Å². The summed E-state index contributed by atoms with van der Waals surface area (Å²) in [7, 11) is 1.28. The number of carbonyl (C=O) groups excluding carboxylic acids is 4. The van der Waals surface area contributed by atoms with Crippen molar-refractivity contribution in [3.05, 3.63) is 0 Å². The number of amides is 2. The maximum Gasteiger partial charge on any atom is 0.410 e. The van der Waals surface area contributed by atoms with Crippen LogP contribution in [0.1, 0.15) is 53.4 Å². The second-order valence-corrected chi connectivity index (χ2v) is 9.83. The van der Waals surface area contributed by atoms with Crippen molar-refractivity contribution in [1.82, 2.24) is 10.2 Å². The van der Waals surface area contributed by atoms with Crippen LogP contribution in [0, 0.1) is 17.8 Å². The summed E-state index contributed by atoms with van der Waals surface area (Å²) in [6, 6.07) is -0.787. The summed E-state index contributed by atoms with van der Waals surface area (Å²) in [6.07, 6.45) is -0.322. The van der Waals surface area contributed by atoms with Crippen LogP contribution in [0.3, 0.4) is 0 Å². The molecule has 0 aromatic rings. The Morgan fingerprint density at radius 2 is 1.91 bits per heavy atom. The number of hydrogen-bond acceptors (Lipinski definition) is 8. The first kappa shape index (κ1) is 24.3. The van der Waals surface area contributed by atoms with Crippen LogP contribution in [0.25, 0.3) is 0 Å². The first-order valence-electron chi connectivity index (χ1n) is 11.2. The fourth-order valence-corrected chi connectivity index (χ4v) is 5.31. The molecule has 0 spiro atoms. The van der Waals surface area contributed by atoms with Gasteiger partial charge in [-0.15, -0.1) is 0 Å². The molecule has 10 heteroatoms. The number of aliphatic hydroxyl groups is 1. The molecule has 0 aromatic heterocycles. The topological polar surface area (TPSA) is 131 Å². The lowest BCUT2D eigenvalue weighted by Crippen LogP contribution is -2.61. The van der Waals surface area contributed by atoms with Crippen molar-refractivity contribution in [3.63, 3.8) is 0 Å². The number of methoxy groups -OCH3 is 1. The van der Waals surface area contributed by atoms with E-state index in [1.54, 1.807) is 27.7 Å². The van der Waals surface area contributed by atoms with E-state index in [1.165, 1.54) is 12.0 Å². The van der Waals surface area contributed by atoms with E-state index < -0.39 is 53.1 Å². The van der Waals surface area contributed by atoms with Gasteiger partial charge in [-0.25, -0.2) is 9.59 Å². The normalized spacial score (nSPS) is 33.3. The molecule has 3 fully saturated rings. The molecular weight excluding hydrogens is 420 g/mol. The van der Waals surface area contributed by atoms with E-state index in [9.17, 15) is 24.3 Å². The van der Waals surface area contributed by atoms with E-state index in [0.29, 0.717) is 19.4 Å². The average Bonchev–Trinajstić information content (AvgIpc) is 3.06. The van der Waals surface area contributed by atoms with Crippen LogP contribution in [0.5, 0.6) is 0 Å². The third-order valence-electron chi connectivity index (χ3n) is 6.57. The number of likely N-dealkylation sites (tertiary alicyclic amines) is 1. The standard InChI is InChI=1S/C22H34N2O8/c1-6-31-19(28)22(11-14(25)16-12(17(16)22)10-15(26)30-5)23-18(27)13-8-7-9-24(13)20(29)32-21(2,3)4/h12-14,16-17,25H,6-11H2,1-5H3,(H,23,27)/t12-,13?,14-,16+,17+,22-/m0/s1. The molecule has 3 aliphatic rings. The molecule has 1 unspecified atom stereocenters. The molecule has 3 rings (SSSR count). The van der Waals surface area contributed by atoms with Crippen molar-refractivity contribution in [1.29, 1.82) is 0 Å². The van der Waals surface area contributed by atoms with Crippen LogP contribution in [-0.4, -0.2) is 77.5 Å². The molecule has 1 saturated heterocycles. The van der Waals surface area contributed by atoms with E-state index in [1.807, 2.05) is 0 Å². The number of carbonyl (C=O) groups is 4. The van der Waals surface area contributed by atoms with Gasteiger partial charge >= 0.3 is 18.0 Å². The SMILES string of the molecule is CCOC(=O)[C@]1(NC(=O)C2CCCN2C(=O)OC(C)(C)C)C[C@H](O)[C@H]2[C@H](CC(=O)OC)[C@H]21. The molecule has 0 radical (unpaired) electrons. The summed E-state index contributed by atoms with van der Waals surface area (Å²) in [6.45, 7) is 7.40. The van der Waals surface area contributed by atoms with Crippen LogP contribution in [-0.2, 0) is 28.6 Å². The average molecular weight is 455 g/mol. The number of ether oxygens (including phenoxy) is 3. The predicted octanol–water partition coefficient (Wildman–Crippen LogP) is 0.994. The minimum absolute atomic E-state index is 0.00371. The van der Waals surface area contributed by atoms with Crippen LogP contribution in [0.15, 0.2) is 0 Å². The molecule has 1 aliphatic heterocycles. The maximum absolute atomic E-state index is 13.3. The number of hydrogen-bond donors (Lipinski definition) is 2. The van der Waals surface area contributed by atoms with Gasteiger partial charge in [-0.1, -0.05) is 0 Å². The first-order valence-corrected chi connectivity index (χ1v) is 11.2. The Morgan fingerprint density at radius 3 is 2.50 bits per heavy atom. The molecule has 10 nitrogen and oxygen atoms in total. The number of nitrogens with one attached hydrogen (secondary N) is 1. The lowest BCUT2D eigenvalue weighted by Gasteiger charge is -2.34. The summed E-state index contributed by atoms with van der Waals surface area (Å²) in [5.41, 5.74) is -2.15. The van der Waals surface area contributed by atoms with Gasteiger partial charge in [-0.05, 0) is 52.4 Å². The third kappa shape index (κ3) is 4.55. The smallest absolute Gasteiger partial charge is 0.410 e. The molecule has 0 aromatic carbocycles. The van der Waals surface area contributed by atoms with Gasteiger partial charge in [0.05, 0.1) is 19.8 Å². The highest BCUT2D eigenvalue weighted by atomic mass is 16.6. The second-order valence-electron chi connectivity index (χ2n) is 9.83. The summed E-state index contributed by atoms with van der Waals surface area (Å²) in [4.78, 5) is 52.1. The Morgan fingerprint density at radius 1 is 1.22 bits per heavy atom. The molecule has 2 saturated carbocycles. The Hall–Kier alpha value is -2.36. The highest BCUT2D eigenvalue weighted by molar-refractivity contribution is 5.93. The second kappa shape index (κ2) is 8.88. The minimum atomic E-state index is -1.45. The van der Waals surface area contributed by atoms with Gasteiger partial charge in [0.2, 0.25) is 5.91 Å². The quantitative estimate of drug-likeness (QED) is 0.449. The third-order valence-corrected chi connectivity index (χ3v) is 6.57. The van der Waals surface area contributed by atoms with Crippen molar-refractivity contribution in [2.45, 2.75) is 76.7 Å². The largest absolute Gasteiger partial charge is 0.469 e. The number of esters is 2. The van der Waals surface area contributed by atoms with Gasteiger partial charge in [-0.2, -0.15) is 0 Å². The summed E-state index contributed by atoms with van der Waals surface area (Å²) >= 11 is 0. The predicted molar refractivity (Wildman–Crippen MR) is 111 cm³/mol. The van der Waals surface area contributed by atoms with E-state index in [0.717, 1.165) is 0 Å². The molecule has 2 aliphatic carbocycles. The fraction of sp³-hybridized carbons (Fsp3) is 0.818. The summed E-state index contributed by atoms with van der Waals surface area (Å²) < 4.78 is 15.4. The Balaban J connectivity index is 1.80. The Labute approximate surface area is 187 Å². The van der Waals surface area contributed by atoms with Crippen molar-refractivity contribution < 1.29 is 38.5 Å². The molecule has 180 valence electrons. The van der Waals surface area contributed by atoms with Crippen LogP contribution >= 0.6 is 0 Å².